The minimum absolute atomic E-state index is 0.140. The van der Waals surface area contributed by atoms with E-state index in [9.17, 15) is 13.2 Å². The first-order valence-electron chi connectivity index (χ1n) is 9.02. The second-order valence-electron chi connectivity index (χ2n) is 7.43. The number of sulfonamides is 1. The summed E-state index contributed by atoms with van der Waals surface area (Å²) in [6.07, 6.45) is 1.18. The van der Waals surface area contributed by atoms with Gasteiger partial charge in [0.25, 0.3) is 10.0 Å². The molecule has 2 aromatic rings. The van der Waals surface area contributed by atoms with E-state index in [1.54, 1.807) is 19.1 Å². The van der Waals surface area contributed by atoms with E-state index >= 15 is 0 Å². The Hall–Kier alpha value is -1.93. The van der Waals surface area contributed by atoms with E-state index in [2.05, 4.69) is 9.71 Å². The Bertz CT molecular complexity index is 965. The number of fused-ring (bicyclic) bond motifs is 1. The fraction of sp³-hybridized carbons (Fsp3) is 0.474. The number of aromatic nitrogens is 1. The Morgan fingerprint density at radius 1 is 1.33 bits per heavy atom. The molecule has 146 valence electrons. The number of rotatable bonds is 5. The first-order valence-corrected chi connectivity index (χ1v) is 11.3. The van der Waals surface area contributed by atoms with E-state index in [0.717, 1.165) is 16.1 Å². The van der Waals surface area contributed by atoms with Crippen molar-refractivity contribution < 1.29 is 13.2 Å². The van der Waals surface area contributed by atoms with Gasteiger partial charge >= 0.3 is 0 Å². The number of carbonyl (C=O) groups excluding carboxylic acids is 1. The molecule has 2 heterocycles. The van der Waals surface area contributed by atoms with Gasteiger partial charge in [0.15, 0.2) is 5.13 Å². The van der Waals surface area contributed by atoms with Crippen LogP contribution in [0.3, 0.4) is 0 Å². The van der Waals surface area contributed by atoms with Gasteiger partial charge in [0.1, 0.15) is 0 Å². The highest BCUT2D eigenvalue weighted by Crippen LogP contribution is 2.30. The van der Waals surface area contributed by atoms with Crippen molar-refractivity contribution in [2.75, 3.05) is 11.3 Å². The average molecular weight is 408 g/mol. The summed E-state index contributed by atoms with van der Waals surface area (Å²) in [6, 6.07) is 5.25. The molecule has 0 radical (unpaired) electrons. The van der Waals surface area contributed by atoms with E-state index < -0.39 is 10.0 Å². The molecule has 0 aliphatic carbocycles. The number of amides is 1. The summed E-state index contributed by atoms with van der Waals surface area (Å²) in [5, 5.41) is 0.359. The summed E-state index contributed by atoms with van der Waals surface area (Å²) in [6.45, 7) is 8.90. The first kappa shape index (κ1) is 19.8. The van der Waals surface area contributed by atoms with Crippen LogP contribution in [0.25, 0.3) is 0 Å². The molecule has 8 heteroatoms. The molecule has 1 aliphatic heterocycles. The standard InChI is InChI=1S/C19H25N3O3S2/c1-12(2)9-18(23)22-8-7-15-16(11-22)26-19(20-15)21-27(24,25)17-6-5-13(3)10-14(17)4/h5-6,10,12H,7-9,11H2,1-4H3,(H,20,21). The SMILES string of the molecule is Cc1ccc(S(=O)(=O)Nc2nc3c(s2)CN(C(=O)CC(C)C)CC3)c(C)c1. The van der Waals surface area contributed by atoms with Crippen molar-refractivity contribution in [3.8, 4) is 0 Å². The van der Waals surface area contributed by atoms with Gasteiger partial charge < -0.3 is 4.90 Å². The van der Waals surface area contributed by atoms with Crippen molar-refractivity contribution in [3.05, 3.63) is 39.9 Å². The van der Waals surface area contributed by atoms with Crippen LogP contribution in [0.2, 0.25) is 0 Å². The highest BCUT2D eigenvalue weighted by Gasteiger charge is 2.26. The smallest absolute Gasteiger partial charge is 0.263 e. The lowest BCUT2D eigenvalue weighted by Crippen LogP contribution is -2.36. The van der Waals surface area contributed by atoms with Crippen molar-refractivity contribution in [2.45, 2.75) is 52.0 Å². The molecule has 27 heavy (non-hydrogen) atoms. The summed E-state index contributed by atoms with van der Waals surface area (Å²) >= 11 is 1.31. The monoisotopic (exact) mass is 407 g/mol. The van der Waals surface area contributed by atoms with Crippen molar-refractivity contribution in [1.29, 1.82) is 0 Å². The average Bonchev–Trinajstić information content (AvgIpc) is 2.94. The Balaban J connectivity index is 1.77. The molecule has 1 amide bonds. The minimum atomic E-state index is -3.69. The lowest BCUT2D eigenvalue weighted by atomic mass is 10.1. The largest absolute Gasteiger partial charge is 0.337 e. The normalized spacial score (nSPS) is 14.3. The number of hydrogen-bond donors (Lipinski definition) is 1. The number of thiazole rings is 1. The predicted molar refractivity (Wildman–Crippen MR) is 107 cm³/mol. The molecule has 3 rings (SSSR count). The van der Waals surface area contributed by atoms with Crippen LogP contribution in [-0.2, 0) is 27.8 Å². The predicted octanol–water partition coefficient (Wildman–Crippen LogP) is 3.49. The summed E-state index contributed by atoms with van der Waals surface area (Å²) in [5.41, 5.74) is 2.60. The molecule has 1 aromatic carbocycles. The van der Waals surface area contributed by atoms with Gasteiger partial charge in [-0.3, -0.25) is 9.52 Å². The molecule has 0 atom stereocenters. The molecule has 0 spiro atoms. The zero-order valence-electron chi connectivity index (χ0n) is 16.1. The topological polar surface area (TPSA) is 79.4 Å². The molecule has 0 saturated carbocycles. The molecule has 6 nitrogen and oxygen atoms in total. The Morgan fingerprint density at radius 3 is 2.74 bits per heavy atom. The van der Waals surface area contributed by atoms with Crippen LogP contribution >= 0.6 is 11.3 Å². The summed E-state index contributed by atoms with van der Waals surface area (Å²) in [5.74, 6) is 0.460. The van der Waals surface area contributed by atoms with Gasteiger partial charge in [-0.25, -0.2) is 13.4 Å². The van der Waals surface area contributed by atoms with Gasteiger partial charge in [-0.05, 0) is 31.4 Å². The Kier molecular flexibility index (Phi) is 5.58. The molecule has 1 aromatic heterocycles. The maximum atomic E-state index is 12.7. The third-order valence-corrected chi connectivity index (χ3v) is 7.13. The second-order valence-corrected chi connectivity index (χ2v) is 10.2. The lowest BCUT2D eigenvalue weighted by Gasteiger charge is -2.26. The minimum Gasteiger partial charge on any atom is -0.337 e. The molecular weight excluding hydrogens is 382 g/mol. The number of aryl methyl sites for hydroxylation is 2. The van der Waals surface area contributed by atoms with E-state index in [-0.39, 0.29) is 10.8 Å². The number of anilines is 1. The van der Waals surface area contributed by atoms with Crippen LogP contribution < -0.4 is 4.72 Å². The summed E-state index contributed by atoms with van der Waals surface area (Å²) < 4.78 is 28.1. The van der Waals surface area contributed by atoms with Gasteiger partial charge in [0, 0.05) is 24.3 Å². The lowest BCUT2D eigenvalue weighted by molar-refractivity contribution is -0.132. The number of benzene rings is 1. The van der Waals surface area contributed by atoms with Crippen LogP contribution in [0.4, 0.5) is 5.13 Å². The van der Waals surface area contributed by atoms with Crippen molar-refractivity contribution in [2.24, 2.45) is 5.92 Å². The van der Waals surface area contributed by atoms with Crippen LogP contribution in [0, 0.1) is 19.8 Å². The van der Waals surface area contributed by atoms with Crippen LogP contribution in [0.15, 0.2) is 23.1 Å². The summed E-state index contributed by atoms with van der Waals surface area (Å²) in [7, 11) is -3.69. The number of nitrogens with zero attached hydrogens (tertiary/aromatic N) is 2. The van der Waals surface area contributed by atoms with E-state index in [4.69, 9.17) is 0 Å². The summed E-state index contributed by atoms with van der Waals surface area (Å²) in [4.78, 5) is 19.8. The fourth-order valence-corrected chi connectivity index (χ4v) is 5.69. The highest BCUT2D eigenvalue weighted by molar-refractivity contribution is 7.93. The molecule has 0 saturated heterocycles. The number of hydrogen-bond acceptors (Lipinski definition) is 5. The maximum absolute atomic E-state index is 12.7. The maximum Gasteiger partial charge on any atom is 0.263 e. The highest BCUT2D eigenvalue weighted by atomic mass is 32.2. The van der Waals surface area contributed by atoms with E-state index in [0.29, 0.717) is 42.5 Å². The molecule has 0 bridgehead atoms. The molecular formula is C19H25N3O3S2. The van der Waals surface area contributed by atoms with Crippen molar-refractivity contribution in [1.82, 2.24) is 9.88 Å². The van der Waals surface area contributed by atoms with Crippen LogP contribution in [-0.4, -0.2) is 30.8 Å². The quantitative estimate of drug-likeness (QED) is 0.823. The second kappa shape index (κ2) is 7.59. The van der Waals surface area contributed by atoms with Crippen LogP contribution in [0.1, 0.15) is 42.0 Å². The third-order valence-electron chi connectivity index (χ3n) is 4.51. The van der Waals surface area contributed by atoms with Crippen molar-refractivity contribution in [3.63, 3.8) is 0 Å². The van der Waals surface area contributed by atoms with Gasteiger partial charge in [-0.2, -0.15) is 0 Å². The van der Waals surface area contributed by atoms with Gasteiger partial charge in [-0.1, -0.05) is 42.9 Å². The Morgan fingerprint density at radius 2 is 2.07 bits per heavy atom. The molecule has 1 aliphatic rings. The zero-order chi connectivity index (χ0) is 19.8. The van der Waals surface area contributed by atoms with Crippen molar-refractivity contribution >= 4 is 32.4 Å². The van der Waals surface area contributed by atoms with Crippen LogP contribution in [0.5, 0.6) is 0 Å². The van der Waals surface area contributed by atoms with Gasteiger partial charge in [0.2, 0.25) is 5.91 Å². The van der Waals surface area contributed by atoms with Gasteiger partial charge in [-0.15, -0.1) is 0 Å². The molecule has 1 N–H and O–H groups in total. The molecule has 0 unspecified atom stereocenters. The Labute approximate surface area is 164 Å². The van der Waals surface area contributed by atoms with E-state index in [1.807, 2.05) is 31.7 Å². The zero-order valence-corrected chi connectivity index (χ0v) is 17.7. The van der Waals surface area contributed by atoms with Gasteiger partial charge in [0.05, 0.1) is 17.1 Å². The third kappa shape index (κ3) is 4.50. The fourth-order valence-electron chi connectivity index (χ4n) is 3.20. The van der Waals surface area contributed by atoms with E-state index in [1.165, 1.54) is 11.3 Å². The first-order chi connectivity index (χ1) is 12.7. The molecule has 0 fully saturated rings. The number of nitrogens with one attached hydrogen (secondary N) is 1. The number of carbonyl (C=O) groups is 1.